The molecule has 0 aliphatic heterocycles. The molecular formula is C24H28N4O2S. The Bertz CT molecular complexity index is 1060. The standard InChI is InChI=1S/C24H28N4O2S/c1-25-23(29)18-11-6-9-17-10-7-14-21(22(17)18)31-20-13-5-4-12-19(20)27-24(30)26-15-8-16-28(2)3/h4-7,9-14H,8,15-16H2,1-3H3,(H,25,29)(H2,26,27,30). The molecule has 31 heavy (non-hydrogen) atoms. The van der Waals surface area contributed by atoms with E-state index in [9.17, 15) is 9.59 Å². The monoisotopic (exact) mass is 436 g/mol. The minimum absolute atomic E-state index is 0.123. The van der Waals surface area contributed by atoms with E-state index in [0.29, 0.717) is 12.1 Å². The van der Waals surface area contributed by atoms with Crippen LogP contribution in [0.25, 0.3) is 10.8 Å². The van der Waals surface area contributed by atoms with E-state index in [-0.39, 0.29) is 11.9 Å². The second-order valence-corrected chi connectivity index (χ2v) is 8.46. The third-order valence-electron chi connectivity index (χ3n) is 4.76. The number of para-hydroxylation sites is 1. The lowest BCUT2D eigenvalue weighted by Gasteiger charge is -2.14. The van der Waals surface area contributed by atoms with Crippen LogP contribution in [0, 0.1) is 0 Å². The Hall–Kier alpha value is -3.03. The minimum Gasteiger partial charge on any atom is -0.355 e. The second kappa shape index (κ2) is 10.8. The molecular weight excluding hydrogens is 408 g/mol. The normalized spacial score (nSPS) is 10.8. The number of carbonyl (C=O) groups excluding carboxylic acids is 2. The van der Waals surface area contributed by atoms with Gasteiger partial charge in [-0.05, 0) is 56.7 Å². The Morgan fingerprint density at radius 1 is 0.935 bits per heavy atom. The molecule has 0 radical (unpaired) electrons. The SMILES string of the molecule is CNC(=O)c1cccc2cccc(Sc3ccccc3NC(=O)NCCCN(C)C)c12. The first-order valence-electron chi connectivity index (χ1n) is 10.2. The summed E-state index contributed by atoms with van der Waals surface area (Å²) >= 11 is 1.53. The van der Waals surface area contributed by atoms with E-state index in [0.717, 1.165) is 39.2 Å². The number of carbonyl (C=O) groups is 2. The molecule has 162 valence electrons. The fourth-order valence-corrected chi connectivity index (χ4v) is 4.35. The Labute approximate surface area is 187 Å². The van der Waals surface area contributed by atoms with Crippen molar-refractivity contribution in [3.63, 3.8) is 0 Å². The number of fused-ring (bicyclic) bond motifs is 1. The molecule has 6 nitrogen and oxygen atoms in total. The molecule has 3 rings (SSSR count). The van der Waals surface area contributed by atoms with Gasteiger partial charge in [0.1, 0.15) is 0 Å². The van der Waals surface area contributed by atoms with Gasteiger partial charge in [0, 0.05) is 34.3 Å². The summed E-state index contributed by atoms with van der Waals surface area (Å²) in [6.45, 7) is 1.53. The highest BCUT2D eigenvalue weighted by atomic mass is 32.2. The van der Waals surface area contributed by atoms with Crippen LogP contribution in [0.4, 0.5) is 10.5 Å². The molecule has 3 aromatic rings. The molecule has 3 amide bonds. The molecule has 0 aliphatic carbocycles. The fourth-order valence-electron chi connectivity index (χ4n) is 3.26. The zero-order chi connectivity index (χ0) is 22.2. The zero-order valence-corrected chi connectivity index (χ0v) is 18.9. The first kappa shape index (κ1) is 22.7. The quantitative estimate of drug-likeness (QED) is 0.457. The van der Waals surface area contributed by atoms with Gasteiger partial charge in [0.05, 0.1) is 5.69 Å². The number of amides is 3. The largest absolute Gasteiger partial charge is 0.355 e. The van der Waals surface area contributed by atoms with Crippen LogP contribution >= 0.6 is 11.8 Å². The maximum Gasteiger partial charge on any atom is 0.319 e. The molecule has 0 atom stereocenters. The summed E-state index contributed by atoms with van der Waals surface area (Å²) in [4.78, 5) is 28.7. The lowest BCUT2D eigenvalue weighted by molar-refractivity contribution is 0.0964. The van der Waals surface area contributed by atoms with Crippen molar-refractivity contribution in [3.05, 3.63) is 66.2 Å². The van der Waals surface area contributed by atoms with Crippen LogP contribution in [0.5, 0.6) is 0 Å². The third kappa shape index (κ3) is 5.99. The van der Waals surface area contributed by atoms with Gasteiger partial charge in [-0.1, -0.05) is 48.2 Å². The number of nitrogens with zero attached hydrogens (tertiary/aromatic N) is 1. The topological polar surface area (TPSA) is 73.5 Å². The average Bonchev–Trinajstić information content (AvgIpc) is 2.77. The summed E-state index contributed by atoms with van der Waals surface area (Å²) in [6, 6.07) is 19.1. The molecule has 7 heteroatoms. The number of benzene rings is 3. The van der Waals surface area contributed by atoms with E-state index in [1.807, 2.05) is 74.8 Å². The van der Waals surface area contributed by atoms with Crippen LogP contribution in [0.15, 0.2) is 70.5 Å². The molecule has 0 saturated heterocycles. The van der Waals surface area contributed by atoms with Crippen molar-refractivity contribution < 1.29 is 9.59 Å². The van der Waals surface area contributed by atoms with Crippen molar-refractivity contribution in [2.75, 3.05) is 39.5 Å². The highest BCUT2D eigenvalue weighted by Crippen LogP contribution is 2.38. The summed E-state index contributed by atoms with van der Waals surface area (Å²) in [6.07, 6.45) is 0.884. The molecule has 0 spiro atoms. The van der Waals surface area contributed by atoms with Gasteiger partial charge in [0.2, 0.25) is 0 Å². The summed E-state index contributed by atoms with van der Waals surface area (Å²) < 4.78 is 0. The maximum atomic E-state index is 12.4. The molecule has 0 bridgehead atoms. The van der Waals surface area contributed by atoms with Crippen LogP contribution < -0.4 is 16.0 Å². The zero-order valence-electron chi connectivity index (χ0n) is 18.1. The van der Waals surface area contributed by atoms with Crippen LogP contribution in [0.1, 0.15) is 16.8 Å². The molecule has 0 saturated carbocycles. The molecule has 0 aliphatic rings. The predicted octanol–water partition coefficient (Wildman–Crippen LogP) is 4.42. The van der Waals surface area contributed by atoms with Crippen LogP contribution in [-0.4, -0.2) is 51.1 Å². The van der Waals surface area contributed by atoms with Gasteiger partial charge < -0.3 is 20.9 Å². The average molecular weight is 437 g/mol. The first-order valence-corrected chi connectivity index (χ1v) is 11.0. The van der Waals surface area contributed by atoms with Gasteiger partial charge in [0.25, 0.3) is 5.91 Å². The van der Waals surface area contributed by atoms with Crippen molar-refractivity contribution in [1.82, 2.24) is 15.5 Å². The number of urea groups is 1. The number of rotatable bonds is 8. The summed E-state index contributed by atoms with van der Waals surface area (Å²) in [5, 5.41) is 10.5. The molecule has 0 aromatic heterocycles. The van der Waals surface area contributed by atoms with Crippen LogP contribution in [-0.2, 0) is 0 Å². The third-order valence-corrected chi connectivity index (χ3v) is 5.90. The molecule has 0 unspecified atom stereocenters. The van der Waals surface area contributed by atoms with E-state index >= 15 is 0 Å². The Kier molecular flexibility index (Phi) is 7.92. The fraction of sp³-hybridized carbons (Fsp3) is 0.250. The van der Waals surface area contributed by atoms with E-state index in [2.05, 4.69) is 20.9 Å². The number of hydrogen-bond acceptors (Lipinski definition) is 4. The highest BCUT2D eigenvalue weighted by molar-refractivity contribution is 7.99. The minimum atomic E-state index is -0.226. The summed E-state index contributed by atoms with van der Waals surface area (Å²) in [5.74, 6) is -0.123. The van der Waals surface area contributed by atoms with Crippen molar-refractivity contribution in [2.24, 2.45) is 0 Å². The first-order chi connectivity index (χ1) is 15.0. The maximum absolute atomic E-state index is 12.4. The number of anilines is 1. The lowest BCUT2D eigenvalue weighted by Crippen LogP contribution is -2.31. The predicted molar refractivity (Wildman–Crippen MR) is 128 cm³/mol. The van der Waals surface area contributed by atoms with Gasteiger partial charge in [-0.25, -0.2) is 4.79 Å². The smallest absolute Gasteiger partial charge is 0.319 e. The van der Waals surface area contributed by atoms with Gasteiger partial charge in [-0.2, -0.15) is 0 Å². The second-order valence-electron chi connectivity index (χ2n) is 7.37. The molecule has 3 aromatic carbocycles. The van der Waals surface area contributed by atoms with Gasteiger partial charge in [-0.3, -0.25) is 4.79 Å². The highest BCUT2D eigenvalue weighted by Gasteiger charge is 2.14. The van der Waals surface area contributed by atoms with Gasteiger partial charge in [0.15, 0.2) is 0 Å². The Morgan fingerprint density at radius 2 is 1.65 bits per heavy atom. The summed E-state index contributed by atoms with van der Waals surface area (Å²) in [7, 11) is 5.65. The number of hydrogen-bond donors (Lipinski definition) is 3. The Balaban J connectivity index is 1.82. The molecule has 0 fully saturated rings. The van der Waals surface area contributed by atoms with Crippen LogP contribution in [0.3, 0.4) is 0 Å². The van der Waals surface area contributed by atoms with Gasteiger partial charge >= 0.3 is 6.03 Å². The molecule has 0 heterocycles. The number of nitrogens with one attached hydrogen (secondary N) is 3. The van der Waals surface area contributed by atoms with Crippen LogP contribution in [0.2, 0.25) is 0 Å². The van der Waals surface area contributed by atoms with Crippen molar-refractivity contribution in [3.8, 4) is 0 Å². The Morgan fingerprint density at radius 3 is 2.39 bits per heavy atom. The van der Waals surface area contributed by atoms with Crippen molar-refractivity contribution in [1.29, 1.82) is 0 Å². The molecule has 3 N–H and O–H groups in total. The van der Waals surface area contributed by atoms with Gasteiger partial charge in [-0.15, -0.1) is 0 Å². The van der Waals surface area contributed by atoms with E-state index < -0.39 is 0 Å². The van der Waals surface area contributed by atoms with E-state index in [1.165, 1.54) is 11.8 Å². The lowest BCUT2D eigenvalue weighted by atomic mass is 10.0. The van der Waals surface area contributed by atoms with Crippen molar-refractivity contribution >= 4 is 40.2 Å². The van der Waals surface area contributed by atoms with E-state index in [1.54, 1.807) is 7.05 Å². The van der Waals surface area contributed by atoms with Crippen molar-refractivity contribution in [2.45, 2.75) is 16.2 Å². The summed E-state index contributed by atoms with van der Waals surface area (Å²) in [5.41, 5.74) is 1.36. The van der Waals surface area contributed by atoms with E-state index in [4.69, 9.17) is 0 Å².